The molecule has 9 rings (SSSR count). The summed E-state index contributed by atoms with van der Waals surface area (Å²) >= 11 is 0. The highest BCUT2D eigenvalue weighted by Gasteiger charge is 2.35. The van der Waals surface area contributed by atoms with Crippen LogP contribution in [-0.4, -0.2) is 5.11 Å². The molecule has 0 amide bonds. The van der Waals surface area contributed by atoms with Gasteiger partial charge in [0.2, 0.25) is 0 Å². The Balaban J connectivity index is 1.40. The van der Waals surface area contributed by atoms with E-state index >= 15 is 0 Å². The van der Waals surface area contributed by atoms with E-state index in [-0.39, 0.29) is 10.8 Å². The lowest BCUT2D eigenvalue weighted by molar-refractivity contribution is 0.126. The second kappa shape index (κ2) is 17.7. The monoisotopic (exact) mass is 843 g/mol. The Hall–Kier alpha value is -7.26. The lowest BCUT2D eigenvalue weighted by Gasteiger charge is -2.34. The van der Waals surface area contributed by atoms with E-state index in [4.69, 9.17) is 0 Å². The molecule has 0 bridgehead atoms. The van der Waals surface area contributed by atoms with Gasteiger partial charge in [-0.2, -0.15) is 0 Å². The second-order valence-electron chi connectivity index (χ2n) is 19.2. The van der Waals surface area contributed by atoms with Crippen LogP contribution in [0.5, 0.6) is 0 Å². The lowest BCUT2D eigenvalue weighted by atomic mass is 9.79. The molecule has 0 unspecified atom stereocenters. The normalized spacial score (nSPS) is 11.9. The maximum Gasteiger partial charge on any atom is 0.140 e. The zero-order chi connectivity index (χ0) is 45.2. The highest BCUT2D eigenvalue weighted by atomic mass is 16.3. The van der Waals surface area contributed by atoms with Crippen LogP contribution in [0, 0.1) is 0 Å². The maximum absolute atomic E-state index is 13.6. The molecule has 0 heterocycles. The molecule has 2 heteroatoms. The molecule has 320 valence electrons. The molecular formula is C63H57NO. The van der Waals surface area contributed by atoms with E-state index in [2.05, 4.69) is 216 Å². The smallest absolute Gasteiger partial charge is 0.140 e. The molecule has 0 saturated heterocycles. The van der Waals surface area contributed by atoms with Crippen molar-refractivity contribution in [3.63, 3.8) is 0 Å². The number of aliphatic hydroxyl groups is 1. The minimum atomic E-state index is -1.49. The van der Waals surface area contributed by atoms with E-state index in [0.29, 0.717) is 0 Å². The minimum absolute atomic E-state index is 0.0402. The Morgan fingerprint density at radius 1 is 0.292 bits per heavy atom. The molecule has 0 aliphatic heterocycles. The zero-order valence-corrected chi connectivity index (χ0v) is 38.3. The van der Waals surface area contributed by atoms with Gasteiger partial charge in [-0.3, -0.25) is 0 Å². The van der Waals surface area contributed by atoms with Gasteiger partial charge in [0.15, 0.2) is 0 Å². The molecule has 0 spiro atoms. The molecular weight excluding hydrogens is 787 g/mol. The first kappa shape index (κ1) is 43.0. The van der Waals surface area contributed by atoms with Gasteiger partial charge in [0, 0.05) is 22.5 Å². The summed E-state index contributed by atoms with van der Waals surface area (Å²) in [6.07, 6.45) is 0. The number of anilines is 3. The molecule has 1 N–H and O–H groups in total. The Morgan fingerprint density at radius 2 is 0.677 bits per heavy atom. The van der Waals surface area contributed by atoms with E-state index in [9.17, 15) is 5.11 Å². The molecule has 0 radical (unpaired) electrons. The molecule has 0 aromatic heterocycles. The molecule has 0 atom stereocenters. The van der Waals surface area contributed by atoms with Gasteiger partial charge in [-0.15, -0.1) is 0 Å². The van der Waals surface area contributed by atoms with Gasteiger partial charge in [-0.05, 0) is 102 Å². The Labute approximate surface area is 386 Å². The number of para-hydroxylation sites is 1. The first-order valence-corrected chi connectivity index (χ1v) is 22.7. The van der Waals surface area contributed by atoms with E-state index in [1.807, 2.05) is 60.7 Å². The second-order valence-corrected chi connectivity index (χ2v) is 19.2. The summed E-state index contributed by atoms with van der Waals surface area (Å²) in [6, 6.07) is 81.5. The van der Waals surface area contributed by atoms with Crippen LogP contribution in [0.4, 0.5) is 17.1 Å². The van der Waals surface area contributed by atoms with Crippen molar-refractivity contribution < 1.29 is 5.11 Å². The molecule has 0 fully saturated rings. The highest BCUT2D eigenvalue weighted by molar-refractivity contribution is 5.98. The fourth-order valence-electron chi connectivity index (χ4n) is 8.98. The molecule has 65 heavy (non-hydrogen) atoms. The van der Waals surface area contributed by atoms with Crippen LogP contribution in [0.15, 0.2) is 231 Å². The van der Waals surface area contributed by atoms with Crippen molar-refractivity contribution in [2.45, 2.75) is 58.0 Å². The highest BCUT2D eigenvalue weighted by Crippen LogP contribution is 2.50. The van der Waals surface area contributed by atoms with Crippen molar-refractivity contribution in [3.8, 4) is 44.5 Å². The van der Waals surface area contributed by atoms with Crippen molar-refractivity contribution in [3.05, 3.63) is 258 Å². The summed E-state index contributed by atoms with van der Waals surface area (Å²) in [5.41, 5.74) is 15.1. The molecule has 0 aliphatic carbocycles. The lowest BCUT2D eigenvalue weighted by Crippen LogP contribution is -2.29. The summed E-state index contributed by atoms with van der Waals surface area (Å²) in [6.45, 7) is 13.8. The molecule has 0 aliphatic rings. The Bertz CT molecular complexity index is 2910. The summed E-state index contributed by atoms with van der Waals surface area (Å²) in [5, 5.41) is 13.6. The summed E-state index contributed by atoms with van der Waals surface area (Å²) in [7, 11) is 0. The molecule has 9 aromatic carbocycles. The molecule has 0 saturated carbocycles. The standard InChI is InChI=1S/C63H57NO/c1-61(2,3)53-38-49(39-54(43-53)62(4,5)6)48-30-22-35-56(41-48)64(60-58(46-26-14-8-15-27-46)36-23-37-59(60)47-28-16-9-17-29-47)57-42-50(45-24-12-7-13-25-45)40-55(44-57)63(65,51-31-18-10-19-32-51)52-33-20-11-21-34-52/h7-44,65H,1-6H3. The first-order valence-electron chi connectivity index (χ1n) is 22.7. The number of hydrogen-bond donors (Lipinski definition) is 1. The van der Waals surface area contributed by atoms with Crippen LogP contribution in [0.2, 0.25) is 0 Å². The van der Waals surface area contributed by atoms with E-state index < -0.39 is 5.60 Å². The van der Waals surface area contributed by atoms with Crippen molar-refractivity contribution in [2.75, 3.05) is 4.90 Å². The third-order valence-electron chi connectivity index (χ3n) is 12.6. The van der Waals surface area contributed by atoms with Gasteiger partial charge >= 0.3 is 0 Å². The zero-order valence-electron chi connectivity index (χ0n) is 38.3. The Morgan fingerprint density at radius 3 is 1.15 bits per heavy atom. The molecule has 9 aromatic rings. The van der Waals surface area contributed by atoms with Crippen LogP contribution in [0.25, 0.3) is 44.5 Å². The average Bonchev–Trinajstić information content (AvgIpc) is 3.34. The van der Waals surface area contributed by atoms with Crippen molar-refractivity contribution >= 4 is 17.1 Å². The van der Waals surface area contributed by atoms with Crippen LogP contribution in [0.3, 0.4) is 0 Å². The number of hydrogen-bond acceptors (Lipinski definition) is 2. The largest absolute Gasteiger partial charge is 0.376 e. The number of rotatable bonds is 10. The van der Waals surface area contributed by atoms with E-state index in [0.717, 1.165) is 72.7 Å². The average molecular weight is 844 g/mol. The van der Waals surface area contributed by atoms with Crippen molar-refractivity contribution in [2.24, 2.45) is 0 Å². The quantitative estimate of drug-likeness (QED) is 0.139. The van der Waals surface area contributed by atoms with Crippen LogP contribution in [-0.2, 0) is 16.4 Å². The summed E-state index contributed by atoms with van der Waals surface area (Å²) in [4.78, 5) is 2.43. The van der Waals surface area contributed by atoms with Crippen molar-refractivity contribution in [1.29, 1.82) is 0 Å². The van der Waals surface area contributed by atoms with Crippen LogP contribution < -0.4 is 4.90 Å². The van der Waals surface area contributed by atoms with Gasteiger partial charge in [0.25, 0.3) is 0 Å². The fourth-order valence-corrected chi connectivity index (χ4v) is 8.98. The minimum Gasteiger partial charge on any atom is -0.376 e. The fraction of sp³-hybridized carbons (Fsp3) is 0.143. The van der Waals surface area contributed by atoms with Gasteiger partial charge < -0.3 is 10.0 Å². The van der Waals surface area contributed by atoms with E-state index in [1.165, 1.54) is 16.7 Å². The number of benzene rings is 9. The molecule has 2 nitrogen and oxygen atoms in total. The first-order chi connectivity index (χ1) is 31.4. The van der Waals surface area contributed by atoms with Crippen molar-refractivity contribution in [1.82, 2.24) is 0 Å². The maximum atomic E-state index is 13.6. The van der Waals surface area contributed by atoms with E-state index in [1.54, 1.807) is 0 Å². The summed E-state index contributed by atoms with van der Waals surface area (Å²) in [5.74, 6) is 0. The third kappa shape index (κ3) is 8.83. The van der Waals surface area contributed by atoms with Gasteiger partial charge in [0.1, 0.15) is 5.60 Å². The predicted octanol–water partition coefficient (Wildman–Crippen LogP) is 16.7. The van der Waals surface area contributed by atoms with Crippen LogP contribution >= 0.6 is 0 Å². The van der Waals surface area contributed by atoms with Crippen LogP contribution in [0.1, 0.15) is 69.4 Å². The topological polar surface area (TPSA) is 23.5 Å². The summed E-state index contributed by atoms with van der Waals surface area (Å²) < 4.78 is 0. The third-order valence-corrected chi connectivity index (χ3v) is 12.6. The van der Waals surface area contributed by atoms with Gasteiger partial charge in [-0.25, -0.2) is 0 Å². The van der Waals surface area contributed by atoms with Gasteiger partial charge in [0.05, 0.1) is 5.69 Å². The Kier molecular flexibility index (Phi) is 11.7. The van der Waals surface area contributed by atoms with Gasteiger partial charge in [-0.1, -0.05) is 242 Å². The predicted molar refractivity (Wildman–Crippen MR) is 275 cm³/mol. The SMILES string of the molecule is CC(C)(C)c1cc(-c2cccc(N(c3cc(-c4ccccc4)cc(C(O)(c4ccccc4)c4ccccc4)c3)c3c(-c4ccccc4)cccc3-c3ccccc3)c2)cc(C(C)(C)C)c1. The number of nitrogens with zero attached hydrogens (tertiary/aromatic N) is 1.